The van der Waals surface area contributed by atoms with Crippen LogP contribution < -0.4 is 5.32 Å². The Bertz CT molecular complexity index is 521. The van der Waals surface area contributed by atoms with Gasteiger partial charge in [-0.25, -0.2) is 9.18 Å². The number of nitrogens with one attached hydrogen (secondary N) is 1. The van der Waals surface area contributed by atoms with Crippen LogP contribution >= 0.6 is 0 Å². The third kappa shape index (κ3) is 2.89. The Labute approximate surface area is 125 Å². The summed E-state index contributed by atoms with van der Waals surface area (Å²) < 4.78 is 18.7. The minimum Gasteiger partial charge on any atom is -0.467 e. The number of ether oxygens (including phenoxy) is 1. The molecule has 0 radical (unpaired) electrons. The van der Waals surface area contributed by atoms with Crippen molar-refractivity contribution < 1.29 is 13.9 Å². The number of rotatable bonds is 3. The molecule has 0 amide bonds. The summed E-state index contributed by atoms with van der Waals surface area (Å²) in [5.74, 6) is -0.569. The Kier molecular flexibility index (Phi) is 4.26. The van der Waals surface area contributed by atoms with Crippen molar-refractivity contribution in [3.05, 3.63) is 29.6 Å². The first-order valence-electron chi connectivity index (χ1n) is 7.44. The zero-order chi connectivity index (χ0) is 15.7. The molecule has 1 fully saturated rings. The molecule has 0 bridgehead atoms. The predicted octanol–water partition coefficient (Wildman–Crippen LogP) is 4.06. The number of anilines is 1. The Hall–Kier alpha value is -1.58. The normalized spacial score (nSPS) is 24.4. The van der Waals surface area contributed by atoms with Gasteiger partial charge in [-0.2, -0.15) is 0 Å². The summed E-state index contributed by atoms with van der Waals surface area (Å²) in [6.07, 6.45) is 3.68. The second kappa shape index (κ2) is 5.66. The number of halogens is 1. The number of methoxy groups -OCH3 is 1. The van der Waals surface area contributed by atoms with Gasteiger partial charge >= 0.3 is 5.97 Å². The van der Waals surface area contributed by atoms with Gasteiger partial charge in [-0.1, -0.05) is 26.7 Å². The fraction of sp³-hybridized carbons (Fsp3) is 0.588. The largest absolute Gasteiger partial charge is 0.467 e. The monoisotopic (exact) mass is 293 g/mol. The van der Waals surface area contributed by atoms with E-state index in [1.165, 1.54) is 19.2 Å². The molecule has 1 aromatic rings. The second-order valence-electron chi connectivity index (χ2n) is 6.63. The van der Waals surface area contributed by atoms with Gasteiger partial charge in [-0.05, 0) is 48.9 Å². The van der Waals surface area contributed by atoms with Crippen molar-refractivity contribution in [2.45, 2.75) is 52.0 Å². The molecule has 0 heterocycles. The van der Waals surface area contributed by atoms with Gasteiger partial charge in [0.2, 0.25) is 0 Å². The highest BCUT2D eigenvalue weighted by Crippen LogP contribution is 2.46. The highest BCUT2D eigenvalue weighted by atomic mass is 19.1. The quantitative estimate of drug-likeness (QED) is 0.854. The number of carbonyl (C=O) groups excluding carboxylic acids is 1. The van der Waals surface area contributed by atoms with E-state index >= 15 is 0 Å². The number of aryl methyl sites for hydroxylation is 1. The van der Waals surface area contributed by atoms with Crippen molar-refractivity contribution in [3.63, 3.8) is 0 Å². The van der Waals surface area contributed by atoms with Gasteiger partial charge in [-0.15, -0.1) is 0 Å². The van der Waals surface area contributed by atoms with Crippen LogP contribution in [0.4, 0.5) is 10.1 Å². The van der Waals surface area contributed by atoms with E-state index in [0.717, 1.165) is 24.8 Å². The first kappa shape index (κ1) is 15.8. The molecule has 0 saturated heterocycles. The van der Waals surface area contributed by atoms with E-state index in [2.05, 4.69) is 19.2 Å². The SMILES string of the molecule is COC(=O)C1(Nc2cc(C)cc(F)c2)CCCCC1(C)C. The summed E-state index contributed by atoms with van der Waals surface area (Å²) >= 11 is 0. The van der Waals surface area contributed by atoms with E-state index in [1.54, 1.807) is 0 Å². The van der Waals surface area contributed by atoms with Gasteiger partial charge in [-0.3, -0.25) is 0 Å². The van der Waals surface area contributed by atoms with Gasteiger partial charge in [0.15, 0.2) is 0 Å². The Morgan fingerprint density at radius 1 is 1.24 bits per heavy atom. The molecule has 1 saturated carbocycles. The molecule has 4 heteroatoms. The number of benzene rings is 1. The van der Waals surface area contributed by atoms with Crippen LogP contribution in [0.5, 0.6) is 0 Å². The fourth-order valence-electron chi connectivity index (χ4n) is 3.40. The molecule has 0 aromatic heterocycles. The van der Waals surface area contributed by atoms with Crippen LogP contribution in [-0.2, 0) is 9.53 Å². The minimum absolute atomic E-state index is 0.251. The number of hydrogen-bond donors (Lipinski definition) is 1. The maximum absolute atomic E-state index is 13.6. The second-order valence-corrected chi connectivity index (χ2v) is 6.63. The first-order chi connectivity index (χ1) is 9.80. The van der Waals surface area contributed by atoms with Gasteiger partial charge in [0, 0.05) is 5.69 Å². The molecular weight excluding hydrogens is 269 g/mol. The average molecular weight is 293 g/mol. The lowest BCUT2D eigenvalue weighted by molar-refractivity contribution is -0.152. The standard InChI is InChI=1S/C17H24FNO2/c1-12-9-13(18)11-14(10-12)19-17(15(20)21-4)8-6-5-7-16(17,2)3/h9-11,19H,5-8H2,1-4H3. The van der Waals surface area contributed by atoms with Crippen molar-refractivity contribution in [2.24, 2.45) is 5.41 Å². The van der Waals surface area contributed by atoms with Crippen molar-refractivity contribution >= 4 is 11.7 Å². The maximum Gasteiger partial charge on any atom is 0.332 e. The van der Waals surface area contributed by atoms with E-state index in [0.29, 0.717) is 12.1 Å². The van der Waals surface area contributed by atoms with Crippen molar-refractivity contribution in [1.82, 2.24) is 0 Å². The molecule has 0 spiro atoms. The highest BCUT2D eigenvalue weighted by Gasteiger charge is 2.53. The lowest BCUT2D eigenvalue weighted by Crippen LogP contribution is -2.59. The number of esters is 1. The molecule has 3 nitrogen and oxygen atoms in total. The molecule has 1 aromatic carbocycles. The molecule has 21 heavy (non-hydrogen) atoms. The fourth-order valence-corrected chi connectivity index (χ4v) is 3.40. The van der Waals surface area contributed by atoms with Crippen LogP contribution in [0.2, 0.25) is 0 Å². The van der Waals surface area contributed by atoms with Crippen molar-refractivity contribution in [3.8, 4) is 0 Å². The van der Waals surface area contributed by atoms with Gasteiger partial charge in [0.25, 0.3) is 0 Å². The van der Waals surface area contributed by atoms with E-state index in [4.69, 9.17) is 4.74 Å². The Morgan fingerprint density at radius 3 is 2.48 bits per heavy atom. The topological polar surface area (TPSA) is 38.3 Å². The molecule has 1 N–H and O–H groups in total. The van der Waals surface area contributed by atoms with Crippen LogP contribution in [0, 0.1) is 18.2 Å². The summed E-state index contributed by atoms with van der Waals surface area (Å²) in [5.41, 5.74) is 0.401. The molecule has 1 aliphatic rings. The van der Waals surface area contributed by atoms with Gasteiger partial charge in [0.1, 0.15) is 11.4 Å². The van der Waals surface area contributed by atoms with Gasteiger partial charge < -0.3 is 10.1 Å². The summed E-state index contributed by atoms with van der Waals surface area (Å²) in [6, 6.07) is 4.77. The highest BCUT2D eigenvalue weighted by molar-refractivity contribution is 5.86. The number of hydrogen-bond acceptors (Lipinski definition) is 3. The summed E-state index contributed by atoms with van der Waals surface area (Å²) in [5, 5.41) is 3.30. The van der Waals surface area contributed by atoms with Crippen LogP contribution in [0.25, 0.3) is 0 Å². The minimum atomic E-state index is -0.805. The number of carbonyl (C=O) groups is 1. The average Bonchev–Trinajstić information content (AvgIpc) is 2.39. The van der Waals surface area contributed by atoms with Crippen LogP contribution in [-0.4, -0.2) is 18.6 Å². The summed E-state index contributed by atoms with van der Waals surface area (Å²) in [6.45, 7) is 5.98. The zero-order valence-electron chi connectivity index (χ0n) is 13.3. The lowest BCUT2D eigenvalue weighted by atomic mass is 9.63. The maximum atomic E-state index is 13.6. The van der Waals surface area contributed by atoms with Crippen LogP contribution in [0.15, 0.2) is 18.2 Å². The van der Waals surface area contributed by atoms with Crippen LogP contribution in [0.1, 0.15) is 45.1 Å². The molecule has 2 rings (SSSR count). The van der Waals surface area contributed by atoms with Gasteiger partial charge in [0.05, 0.1) is 7.11 Å². The van der Waals surface area contributed by atoms with Crippen molar-refractivity contribution in [1.29, 1.82) is 0 Å². The third-order valence-corrected chi connectivity index (χ3v) is 4.69. The Morgan fingerprint density at radius 2 is 1.90 bits per heavy atom. The van der Waals surface area contributed by atoms with Crippen LogP contribution in [0.3, 0.4) is 0 Å². The lowest BCUT2D eigenvalue weighted by Gasteiger charge is -2.48. The predicted molar refractivity (Wildman–Crippen MR) is 81.8 cm³/mol. The molecule has 1 atom stereocenters. The molecule has 0 aliphatic heterocycles. The molecular formula is C17H24FNO2. The smallest absolute Gasteiger partial charge is 0.332 e. The Balaban J connectivity index is 2.43. The molecule has 116 valence electrons. The zero-order valence-corrected chi connectivity index (χ0v) is 13.3. The van der Waals surface area contributed by atoms with E-state index < -0.39 is 5.54 Å². The van der Waals surface area contributed by atoms with Crippen molar-refractivity contribution in [2.75, 3.05) is 12.4 Å². The molecule has 1 aliphatic carbocycles. The van der Waals surface area contributed by atoms with E-state index in [1.807, 2.05) is 13.0 Å². The van der Waals surface area contributed by atoms with E-state index in [-0.39, 0.29) is 17.2 Å². The summed E-state index contributed by atoms with van der Waals surface area (Å²) in [4.78, 5) is 12.5. The first-order valence-corrected chi connectivity index (χ1v) is 7.44. The van der Waals surface area contributed by atoms with E-state index in [9.17, 15) is 9.18 Å². The summed E-state index contributed by atoms with van der Waals surface area (Å²) in [7, 11) is 1.41. The third-order valence-electron chi connectivity index (χ3n) is 4.69. The molecule has 1 unspecified atom stereocenters.